The second-order valence-corrected chi connectivity index (χ2v) is 4.79. The molecule has 0 heterocycles. The van der Waals surface area contributed by atoms with E-state index in [1.54, 1.807) is 0 Å². The topological polar surface area (TPSA) is 0 Å². The summed E-state index contributed by atoms with van der Waals surface area (Å²) in [4.78, 5) is 0. The molecule has 1 aliphatic rings. The predicted molar refractivity (Wildman–Crippen MR) is 48.5 cm³/mol. The van der Waals surface area contributed by atoms with Crippen molar-refractivity contribution in [3.05, 3.63) is 24.3 Å². The van der Waals surface area contributed by atoms with Gasteiger partial charge in [0.2, 0.25) is 0 Å². The SMILES string of the molecule is C1=CCC/C=C\CC1.[Cl][Ru][Cl]. The molecule has 0 aromatic heterocycles. The van der Waals surface area contributed by atoms with Gasteiger partial charge in [-0.25, -0.2) is 0 Å². The van der Waals surface area contributed by atoms with Crippen LogP contribution < -0.4 is 0 Å². The van der Waals surface area contributed by atoms with Crippen LogP contribution in [0.3, 0.4) is 0 Å². The zero-order valence-corrected chi connectivity index (χ0v) is 9.50. The normalized spacial score (nSPS) is 19.5. The molecule has 0 bridgehead atoms. The molecule has 1 rings (SSSR count). The van der Waals surface area contributed by atoms with E-state index >= 15 is 0 Å². The van der Waals surface area contributed by atoms with E-state index in [0.29, 0.717) is 0 Å². The van der Waals surface area contributed by atoms with Crippen molar-refractivity contribution in [1.29, 1.82) is 0 Å². The summed E-state index contributed by atoms with van der Waals surface area (Å²) in [5.41, 5.74) is 0. The quantitative estimate of drug-likeness (QED) is 0.464. The first-order valence-corrected chi connectivity index (χ1v) is 8.04. The minimum atomic E-state index is -0.346. The molecule has 0 saturated carbocycles. The average Bonchev–Trinajstić information content (AvgIpc) is 1.86. The Labute approximate surface area is 84.3 Å². The van der Waals surface area contributed by atoms with Crippen LogP contribution in [0.5, 0.6) is 0 Å². The molecule has 0 atom stereocenters. The second kappa shape index (κ2) is 10.7. The van der Waals surface area contributed by atoms with E-state index in [-0.39, 0.29) is 15.1 Å². The summed E-state index contributed by atoms with van der Waals surface area (Å²) in [7, 11) is 9.71. The first-order chi connectivity index (χ1) is 5.41. The van der Waals surface area contributed by atoms with E-state index < -0.39 is 0 Å². The van der Waals surface area contributed by atoms with Gasteiger partial charge in [-0.1, -0.05) is 24.3 Å². The van der Waals surface area contributed by atoms with Crippen LogP contribution >= 0.6 is 19.4 Å². The van der Waals surface area contributed by atoms with Crippen LogP contribution in [0.2, 0.25) is 0 Å². The summed E-state index contributed by atoms with van der Waals surface area (Å²) in [6.45, 7) is 0. The molecule has 0 unspecified atom stereocenters. The summed E-state index contributed by atoms with van der Waals surface area (Å²) in [6, 6.07) is 0. The maximum atomic E-state index is 4.85. The fraction of sp³-hybridized carbons (Fsp3) is 0.500. The van der Waals surface area contributed by atoms with Crippen molar-refractivity contribution in [2.45, 2.75) is 25.7 Å². The molecule has 11 heavy (non-hydrogen) atoms. The second-order valence-electron chi connectivity index (χ2n) is 2.15. The van der Waals surface area contributed by atoms with E-state index in [0.717, 1.165) is 0 Å². The van der Waals surface area contributed by atoms with Gasteiger partial charge in [0.05, 0.1) is 0 Å². The Hall–Kier alpha value is 0.683. The summed E-state index contributed by atoms with van der Waals surface area (Å²) in [5, 5.41) is 0. The van der Waals surface area contributed by atoms with Crippen LogP contribution in [-0.4, -0.2) is 0 Å². The molecule has 0 aromatic carbocycles. The van der Waals surface area contributed by atoms with E-state index in [9.17, 15) is 0 Å². The molecular formula is C8H12Cl2Ru. The maximum absolute atomic E-state index is 4.85. The molecule has 0 nitrogen and oxygen atoms in total. The van der Waals surface area contributed by atoms with Gasteiger partial charge in [0.1, 0.15) is 0 Å². The Morgan fingerprint density at radius 3 is 1.09 bits per heavy atom. The summed E-state index contributed by atoms with van der Waals surface area (Å²) in [6.07, 6.45) is 14.0. The number of hydrogen-bond acceptors (Lipinski definition) is 0. The monoisotopic (exact) mass is 280 g/mol. The first-order valence-electron chi connectivity index (χ1n) is 3.57. The van der Waals surface area contributed by atoms with Crippen molar-refractivity contribution < 1.29 is 15.1 Å². The predicted octanol–water partition coefficient (Wildman–Crippen LogP) is 4.05. The molecule has 0 saturated heterocycles. The molecule has 1 aliphatic carbocycles. The van der Waals surface area contributed by atoms with Crippen LogP contribution in [0.25, 0.3) is 0 Å². The first kappa shape index (κ1) is 11.7. The molecule has 0 aliphatic heterocycles. The minimum absolute atomic E-state index is 0.346. The third kappa shape index (κ3) is 10.7. The number of allylic oxidation sites excluding steroid dienone is 4. The van der Waals surface area contributed by atoms with Crippen molar-refractivity contribution in [3.63, 3.8) is 0 Å². The molecule has 0 N–H and O–H groups in total. The Morgan fingerprint density at radius 1 is 0.727 bits per heavy atom. The summed E-state index contributed by atoms with van der Waals surface area (Å²) >= 11 is -0.346. The fourth-order valence-electron chi connectivity index (χ4n) is 0.856. The van der Waals surface area contributed by atoms with E-state index in [1.807, 2.05) is 0 Å². The molecule has 0 radical (unpaired) electrons. The van der Waals surface area contributed by atoms with Gasteiger partial charge < -0.3 is 0 Å². The van der Waals surface area contributed by atoms with Crippen molar-refractivity contribution in [1.82, 2.24) is 0 Å². The average molecular weight is 280 g/mol. The van der Waals surface area contributed by atoms with Crippen molar-refractivity contribution in [3.8, 4) is 0 Å². The summed E-state index contributed by atoms with van der Waals surface area (Å²) < 4.78 is 0. The van der Waals surface area contributed by atoms with E-state index in [2.05, 4.69) is 24.3 Å². The number of halogens is 2. The van der Waals surface area contributed by atoms with Gasteiger partial charge in [-0.2, -0.15) is 0 Å². The molecular weight excluding hydrogens is 268 g/mol. The molecule has 0 fully saturated rings. The van der Waals surface area contributed by atoms with Crippen molar-refractivity contribution in [2.75, 3.05) is 0 Å². The number of rotatable bonds is 0. The third-order valence-corrected chi connectivity index (χ3v) is 1.33. The third-order valence-electron chi connectivity index (χ3n) is 1.33. The van der Waals surface area contributed by atoms with Gasteiger partial charge in [-0.15, -0.1) is 0 Å². The van der Waals surface area contributed by atoms with E-state index in [1.165, 1.54) is 25.7 Å². The van der Waals surface area contributed by atoms with Crippen LogP contribution in [0.1, 0.15) is 25.7 Å². The Morgan fingerprint density at radius 2 is 0.909 bits per heavy atom. The molecule has 0 aromatic rings. The van der Waals surface area contributed by atoms with Gasteiger partial charge in [-0.05, 0) is 25.7 Å². The zero-order valence-electron chi connectivity index (χ0n) is 6.25. The van der Waals surface area contributed by atoms with Crippen LogP contribution in [0.4, 0.5) is 0 Å². The molecule has 0 amide bonds. The standard InChI is InChI=1S/C8H12.2ClH.Ru/c1-2-4-6-8-7-5-3-1;;;/h1-2,7-8H,3-6H2;2*1H;/q;;;+2/p-2/b2-1-,8-7?;;;. The summed E-state index contributed by atoms with van der Waals surface area (Å²) in [5.74, 6) is 0. The van der Waals surface area contributed by atoms with Crippen molar-refractivity contribution >= 4 is 19.4 Å². The van der Waals surface area contributed by atoms with Gasteiger partial charge in [0, 0.05) is 0 Å². The van der Waals surface area contributed by atoms with Gasteiger partial charge >= 0.3 is 34.5 Å². The molecule has 0 spiro atoms. The van der Waals surface area contributed by atoms with Crippen LogP contribution in [0.15, 0.2) is 24.3 Å². The van der Waals surface area contributed by atoms with Crippen LogP contribution in [0, 0.1) is 0 Å². The fourth-order valence-corrected chi connectivity index (χ4v) is 0.856. The van der Waals surface area contributed by atoms with E-state index in [4.69, 9.17) is 19.4 Å². The number of hydrogen-bond donors (Lipinski definition) is 0. The Kier molecular flexibility index (Phi) is 11.3. The van der Waals surface area contributed by atoms with Gasteiger partial charge in [-0.3, -0.25) is 0 Å². The molecule has 3 heteroatoms. The molecule has 66 valence electrons. The van der Waals surface area contributed by atoms with Gasteiger partial charge in [0.15, 0.2) is 0 Å². The van der Waals surface area contributed by atoms with Crippen LogP contribution in [-0.2, 0) is 15.1 Å². The Balaban J connectivity index is 0.000000292. The Bertz CT molecular complexity index is 95.3. The van der Waals surface area contributed by atoms with Gasteiger partial charge in [0.25, 0.3) is 0 Å². The van der Waals surface area contributed by atoms with Crippen molar-refractivity contribution in [2.24, 2.45) is 0 Å². The zero-order chi connectivity index (χ0) is 8.36.